The van der Waals surface area contributed by atoms with E-state index in [0.29, 0.717) is 34.0 Å². The lowest BCUT2D eigenvalue weighted by Gasteiger charge is -2.12. The molecule has 1 aromatic heterocycles. The van der Waals surface area contributed by atoms with Crippen molar-refractivity contribution >= 4 is 45.8 Å². The summed E-state index contributed by atoms with van der Waals surface area (Å²) in [6.45, 7) is 0.177. The largest absolute Gasteiger partial charge is 0.375 e. The summed E-state index contributed by atoms with van der Waals surface area (Å²) in [7, 11) is 3.19. The average Bonchev–Trinajstić information content (AvgIpc) is 2.88. The first-order valence-corrected chi connectivity index (χ1v) is 11.4. The van der Waals surface area contributed by atoms with E-state index in [9.17, 15) is 14.0 Å². The molecule has 3 N–H and O–H groups in total. The highest BCUT2D eigenvalue weighted by Crippen LogP contribution is 2.28. The number of methoxy groups -OCH3 is 1. The lowest BCUT2D eigenvalue weighted by Crippen LogP contribution is -2.26. The van der Waals surface area contributed by atoms with Crippen LogP contribution in [0.15, 0.2) is 60.7 Å². The first-order valence-electron chi connectivity index (χ1n) is 11.0. The molecule has 0 unspecified atom stereocenters. The molecule has 0 saturated carbocycles. The van der Waals surface area contributed by atoms with E-state index in [1.165, 1.54) is 19.2 Å². The maximum absolute atomic E-state index is 13.4. The van der Waals surface area contributed by atoms with Crippen LogP contribution in [0.5, 0.6) is 0 Å². The van der Waals surface area contributed by atoms with Gasteiger partial charge in [0.15, 0.2) is 5.82 Å². The highest BCUT2D eigenvalue weighted by molar-refractivity contribution is 6.34. The molecule has 36 heavy (non-hydrogen) atoms. The molecular formula is C26H23ClFN5O3. The maximum Gasteiger partial charge on any atom is 0.257 e. The zero-order valence-electron chi connectivity index (χ0n) is 19.6. The third-order valence-corrected chi connectivity index (χ3v) is 5.66. The van der Waals surface area contributed by atoms with Crippen molar-refractivity contribution in [3.8, 4) is 11.4 Å². The number of ether oxygens (including phenoxy) is 1. The Morgan fingerprint density at radius 2 is 1.81 bits per heavy atom. The third kappa shape index (κ3) is 5.76. The summed E-state index contributed by atoms with van der Waals surface area (Å²) in [6, 6.07) is 16.1. The van der Waals surface area contributed by atoms with E-state index in [0.717, 1.165) is 5.39 Å². The number of amides is 2. The zero-order chi connectivity index (χ0) is 25.7. The Morgan fingerprint density at radius 1 is 1.03 bits per heavy atom. The molecule has 0 atom stereocenters. The fraction of sp³-hybridized carbons (Fsp3) is 0.154. The summed E-state index contributed by atoms with van der Waals surface area (Å²) < 4.78 is 18.1. The average molecular weight is 508 g/mol. The van der Waals surface area contributed by atoms with Crippen LogP contribution in [0.1, 0.15) is 15.9 Å². The summed E-state index contributed by atoms with van der Waals surface area (Å²) in [5, 5.41) is 9.64. The number of rotatable bonds is 8. The number of fused-ring (bicyclic) bond motifs is 1. The van der Waals surface area contributed by atoms with Crippen molar-refractivity contribution in [2.24, 2.45) is 0 Å². The van der Waals surface area contributed by atoms with Gasteiger partial charge in [0.05, 0.1) is 16.1 Å². The van der Waals surface area contributed by atoms with E-state index in [1.54, 1.807) is 55.6 Å². The van der Waals surface area contributed by atoms with E-state index in [1.807, 2.05) is 0 Å². The predicted molar refractivity (Wildman–Crippen MR) is 138 cm³/mol. The second-order valence-corrected chi connectivity index (χ2v) is 8.27. The number of aromatic nitrogens is 2. The summed E-state index contributed by atoms with van der Waals surface area (Å²) in [4.78, 5) is 33.8. The number of hydrogen-bond donors (Lipinski definition) is 3. The van der Waals surface area contributed by atoms with Gasteiger partial charge in [-0.1, -0.05) is 17.7 Å². The van der Waals surface area contributed by atoms with E-state index in [2.05, 4.69) is 25.9 Å². The van der Waals surface area contributed by atoms with E-state index in [4.69, 9.17) is 16.3 Å². The predicted octanol–water partition coefficient (Wildman–Crippen LogP) is 4.65. The van der Waals surface area contributed by atoms with E-state index in [-0.39, 0.29) is 35.5 Å². The SMILES string of the molecule is CNc1nc(-c2ccc(F)cc2)nc2cc(NC(=O)c3cc(CNC(=O)COC)ccc3Cl)ccc12. The van der Waals surface area contributed by atoms with Crippen LogP contribution in [-0.2, 0) is 16.1 Å². The number of anilines is 2. The van der Waals surface area contributed by atoms with Gasteiger partial charge in [-0.2, -0.15) is 0 Å². The normalized spacial score (nSPS) is 10.8. The molecule has 0 aliphatic carbocycles. The van der Waals surface area contributed by atoms with Crippen molar-refractivity contribution in [2.45, 2.75) is 6.54 Å². The lowest BCUT2D eigenvalue weighted by atomic mass is 10.1. The molecule has 0 saturated heterocycles. The Balaban J connectivity index is 1.59. The molecule has 0 aliphatic heterocycles. The molecule has 8 nitrogen and oxygen atoms in total. The Hall–Kier alpha value is -4.08. The summed E-state index contributed by atoms with van der Waals surface area (Å²) in [6.07, 6.45) is 0. The van der Waals surface area contributed by atoms with Crippen molar-refractivity contribution in [3.63, 3.8) is 0 Å². The highest BCUT2D eigenvalue weighted by atomic mass is 35.5. The molecule has 4 rings (SSSR count). The van der Waals surface area contributed by atoms with Crippen LogP contribution in [0.2, 0.25) is 5.02 Å². The van der Waals surface area contributed by atoms with Gasteiger partial charge in [0.25, 0.3) is 5.91 Å². The molecule has 0 fully saturated rings. The van der Waals surface area contributed by atoms with Gasteiger partial charge in [-0.15, -0.1) is 0 Å². The Kier molecular flexibility index (Phi) is 7.72. The molecule has 4 aromatic rings. The smallest absolute Gasteiger partial charge is 0.257 e. The van der Waals surface area contributed by atoms with Crippen molar-refractivity contribution in [3.05, 3.63) is 82.6 Å². The number of carbonyl (C=O) groups excluding carboxylic acids is 2. The molecule has 0 radical (unpaired) electrons. The fourth-order valence-electron chi connectivity index (χ4n) is 3.56. The number of halogens is 2. The minimum absolute atomic E-state index is 0.0510. The monoisotopic (exact) mass is 507 g/mol. The van der Waals surface area contributed by atoms with Crippen LogP contribution >= 0.6 is 11.6 Å². The van der Waals surface area contributed by atoms with Gasteiger partial charge in [-0.25, -0.2) is 14.4 Å². The van der Waals surface area contributed by atoms with Gasteiger partial charge in [-0.3, -0.25) is 9.59 Å². The van der Waals surface area contributed by atoms with Crippen LogP contribution in [-0.4, -0.2) is 42.5 Å². The molecule has 184 valence electrons. The number of hydrogen-bond acceptors (Lipinski definition) is 6. The third-order valence-electron chi connectivity index (χ3n) is 5.33. The zero-order valence-corrected chi connectivity index (χ0v) is 20.3. The summed E-state index contributed by atoms with van der Waals surface area (Å²) in [5.74, 6) is -0.00727. The molecule has 2 amide bonds. The van der Waals surface area contributed by atoms with Crippen LogP contribution < -0.4 is 16.0 Å². The van der Waals surface area contributed by atoms with Gasteiger partial charge in [-0.05, 0) is 60.2 Å². The van der Waals surface area contributed by atoms with Gasteiger partial charge >= 0.3 is 0 Å². The van der Waals surface area contributed by atoms with Crippen LogP contribution in [0.4, 0.5) is 15.9 Å². The maximum atomic E-state index is 13.4. The van der Waals surface area contributed by atoms with E-state index < -0.39 is 5.91 Å². The minimum Gasteiger partial charge on any atom is -0.375 e. The second kappa shape index (κ2) is 11.1. The second-order valence-electron chi connectivity index (χ2n) is 7.86. The Bertz CT molecular complexity index is 1430. The quantitative estimate of drug-likeness (QED) is 0.321. The first-order chi connectivity index (χ1) is 17.4. The molecule has 1 heterocycles. The van der Waals surface area contributed by atoms with Crippen molar-refractivity contribution in [1.82, 2.24) is 15.3 Å². The summed E-state index contributed by atoms with van der Waals surface area (Å²) >= 11 is 6.28. The van der Waals surface area contributed by atoms with E-state index >= 15 is 0 Å². The van der Waals surface area contributed by atoms with Crippen LogP contribution in [0.3, 0.4) is 0 Å². The Morgan fingerprint density at radius 3 is 2.53 bits per heavy atom. The molecule has 0 bridgehead atoms. The van der Waals surface area contributed by atoms with Crippen molar-refractivity contribution in [2.75, 3.05) is 31.4 Å². The lowest BCUT2D eigenvalue weighted by molar-refractivity contribution is -0.124. The minimum atomic E-state index is -0.411. The van der Waals surface area contributed by atoms with Gasteiger partial charge < -0.3 is 20.7 Å². The van der Waals surface area contributed by atoms with Gasteiger partial charge in [0, 0.05) is 37.3 Å². The highest BCUT2D eigenvalue weighted by Gasteiger charge is 2.14. The standard InChI is InChI=1S/C26H23ClFN5O3/c1-29-25-19-9-8-18(12-22(19)32-24(33-25)16-4-6-17(28)7-5-16)31-26(35)20-11-15(3-10-21(20)27)13-30-23(34)14-36-2/h3-12H,13-14H2,1-2H3,(H,30,34)(H,31,35)(H,29,32,33). The molecule has 10 heteroatoms. The first kappa shape index (κ1) is 25.0. The molecule has 0 spiro atoms. The number of benzene rings is 3. The summed E-state index contributed by atoms with van der Waals surface area (Å²) in [5.41, 5.74) is 2.73. The van der Waals surface area contributed by atoms with Crippen LogP contribution in [0.25, 0.3) is 22.3 Å². The molecular weight excluding hydrogens is 485 g/mol. The number of nitrogens with one attached hydrogen (secondary N) is 3. The number of carbonyl (C=O) groups is 2. The topological polar surface area (TPSA) is 105 Å². The molecule has 3 aromatic carbocycles. The van der Waals surface area contributed by atoms with Crippen LogP contribution in [0, 0.1) is 5.82 Å². The van der Waals surface area contributed by atoms with Gasteiger partial charge in [0.1, 0.15) is 18.2 Å². The Labute approximate surface area is 211 Å². The molecule has 0 aliphatic rings. The van der Waals surface area contributed by atoms with Gasteiger partial charge in [0.2, 0.25) is 5.91 Å². The van der Waals surface area contributed by atoms with Crippen molar-refractivity contribution in [1.29, 1.82) is 0 Å². The van der Waals surface area contributed by atoms with Crippen molar-refractivity contribution < 1.29 is 18.7 Å². The number of nitrogens with zero attached hydrogens (tertiary/aromatic N) is 2. The fourth-order valence-corrected chi connectivity index (χ4v) is 3.77.